The van der Waals surface area contributed by atoms with Gasteiger partial charge in [-0.3, -0.25) is 0 Å². The molecule has 0 aromatic heterocycles. The van der Waals surface area contributed by atoms with Crippen LogP contribution < -0.4 is 0 Å². The third-order valence-corrected chi connectivity index (χ3v) is 9.28. The Labute approximate surface area is 300 Å². The summed E-state index contributed by atoms with van der Waals surface area (Å²) in [4.78, 5) is 43.3. The van der Waals surface area contributed by atoms with Crippen LogP contribution in [-0.2, 0) is 61.8 Å². The molecule has 51 heavy (non-hydrogen) atoms. The van der Waals surface area contributed by atoms with Gasteiger partial charge in [-0.2, -0.15) is 0 Å². The molecule has 3 aliphatic carbocycles. The van der Waals surface area contributed by atoms with E-state index in [4.69, 9.17) is 42.6 Å². The molecular formula is C38H54O13. The maximum Gasteiger partial charge on any atom is 0.333 e. The molecule has 4 saturated heterocycles. The first-order valence-electron chi connectivity index (χ1n) is 18.1. The van der Waals surface area contributed by atoms with Gasteiger partial charge in [0.15, 0.2) is 6.29 Å². The molecule has 10 unspecified atom stereocenters. The number of hydrogen-bond donors (Lipinski definition) is 0. The first-order valence-corrected chi connectivity index (χ1v) is 18.1. The monoisotopic (exact) mass is 718 g/mol. The molecule has 7 aliphatic rings. The third-order valence-electron chi connectivity index (χ3n) is 9.28. The summed E-state index contributed by atoms with van der Waals surface area (Å²) in [5.74, 6) is -0.791. The van der Waals surface area contributed by atoms with Crippen molar-refractivity contribution < 1.29 is 61.8 Å². The highest BCUT2D eigenvalue weighted by molar-refractivity contribution is 5.87. The second kappa shape index (κ2) is 20.6. The Bertz CT molecular complexity index is 1230. The van der Waals surface area contributed by atoms with Gasteiger partial charge in [0.1, 0.15) is 18.8 Å². The molecule has 0 spiro atoms. The molecule has 7 rings (SSSR count). The summed E-state index contributed by atoms with van der Waals surface area (Å²) in [6, 6.07) is 0. The van der Waals surface area contributed by atoms with E-state index in [9.17, 15) is 19.2 Å². The molecule has 4 aliphatic heterocycles. The number of fused-ring (bicyclic) bond motifs is 3. The van der Waals surface area contributed by atoms with Crippen LogP contribution in [0, 0.1) is 5.92 Å². The van der Waals surface area contributed by atoms with Crippen molar-refractivity contribution >= 4 is 23.9 Å². The predicted molar refractivity (Wildman–Crippen MR) is 183 cm³/mol. The molecule has 0 bridgehead atoms. The van der Waals surface area contributed by atoms with E-state index in [2.05, 4.69) is 26.3 Å². The highest BCUT2D eigenvalue weighted by Gasteiger charge is 2.46. The number of carbonyl (C=O) groups is 4. The van der Waals surface area contributed by atoms with Crippen LogP contribution in [0.25, 0.3) is 0 Å². The molecule has 7 fully saturated rings. The Kier molecular flexibility index (Phi) is 16.3. The fourth-order valence-corrected chi connectivity index (χ4v) is 6.10. The third kappa shape index (κ3) is 15.8. The molecule has 0 amide bonds. The lowest BCUT2D eigenvalue weighted by molar-refractivity contribution is -0.145. The standard InChI is InChI=1S/2C10H14O3.C9H14O4.C9H12O3/c1-6(2)10(11)12-7-3-4-8-9(5-7)13-8;1-2-10(11)12-6-7-3-4-8-9(5-7)13-8;1-2-8(10)11-5-3-4-6-12-9-7-13-9;1-2-9(10)11-6-3-4-7-8(5-6)12-7/h7-9H,1,3-5H2,2H3;2,7-9H,1,3-6H2;2,9H,1,3-7H2;2,6-8H,1,3-5H2. The zero-order chi connectivity index (χ0) is 36.8. The van der Waals surface area contributed by atoms with Gasteiger partial charge in [0.05, 0.1) is 49.8 Å². The molecule has 0 N–H and O–H groups in total. The van der Waals surface area contributed by atoms with Crippen LogP contribution in [0.15, 0.2) is 50.1 Å². The minimum Gasteiger partial charge on any atom is -0.463 e. The van der Waals surface area contributed by atoms with Gasteiger partial charge in [-0.15, -0.1) is 0 Å². The van der Waals surface area contributed by atoms with Crippen molar-refractivity contribution in [3.05, 3.63) is 50.1 Å². The maximum absolute atomic E-state index is 11.2. The molecule has 0 aromatic rings. The van der Waals surface area contributed by atoms with Gasteiger partial charge in [-0.05, 0) is 70.6 Å². The normalized spacial score (nSPS) is 32.4. The summed E-state index contributed by atoms with van der Waals surface area (Å²) in [5.41, 5.74) is 0.471. The van der Waals surface area contributed by atoms with E-state index in [0.717, 1.165) is 76.7 Å². The zero-order valence-corrected chi connectivity index (χ0v) is 29.7. The largest absolute Gasteiger partial charge is 0.463 e. The summed E-state index contributed by atoms with van der Waals surface area (Å²) in [5, 5.41) is 0. The van der Waals surface area contributed by atoms with E-state index in [0.29, 0.717) is 74.5 Å². The number of carbonyl (C=O) groups excluding carboxylic acids is 4. The van der Waals surface area contributed by atoms with Gasteiger partial charge >= 0.3 is 23.9 Å². The van der Waals surface area contributed by atoms with Gasteiger partial charge in [-0.25, -0.2) is 19.2 Å². The Morgan fingerprint density at radius 2 is 1.16 bits per heavy atom. The summed E-state index contributed by atoms with van der Waals surface area (Å²) in [6.45, 7) is 17.5. The van der Waals surface area contributed by atoms with Crippen LogP contribution >= 0.6 is 0 Å². The average Bonchev–Trinajstić information content (AvgIpc) is 3.94. The Morgan fingerprint density at radius 1 is 0.647 bits per heavy atom. The summed E-state index contributed by atoms with van der Waals surface area (Å²) in [7, 11) is 0. The van der Waals surface area contributed by atoms with Crippen LogP contribution in [0.4, 0.5) is 0 Å². The van der Waals surface area contributed by atoms with E-state index in [-0.39, 0.29) is 42.4 Å². The first kappa shape index (κ1) is 40.4. The fraction of sp³-hybridized carbons (Fsp3) is 0.684. The number of esters is 4. The topological polar surface area (TPSA) is 165 Å². The van der Waals surface area contributed by atoms with Crippen LogP contribution in [0.1, 0.15) is 77.6 Å². The Balaban J connectivity index is 0.000000153. The molecule has 4 heterocycles. The second-order valence-corrected chi connectivity index (χ2v) is 13.6. The molecule has 0 aromatic carbocycles. The van der Waals surface area contributed by atoms with Crippen molar-refractivity contribution in [3.8, 4) is 0 Å². The molecule has 13 nitrogen and oxygen atoms in total. The molecule has 13 heteroatoms. The van der Waals surface area contributed by atoms with Gasteiger partial charge in [-0.1, -0.05) is 26.3 Å². The average molecular weight is 719 g/mol. The van der Waals surface area contributed by atoms with Crippen molar-refractivity contribution in [1.29, 1.82) is 0 Å². The van der Waals surface area contributed by atoms with E-state index in [1.165, 1.54) is 12.2 Å². The summed E-state index contributed by atoms with van der Waals surface area (Å²) >= 11 is 0. The van der Waals surface area contributed by atoms with Crippen LogP contribution in [0.3, 0.4) is 0 Å². The van der Waals surface area contributed by atoms with Crippen LogP contribution in [0.5, 0.6) is 0 Å². The summed E-state index contributed by atoms with van der Waals surface area (Å²) < 4.78 is 46.2. The molecule has 10 atom stereocenters. The van der Waals surface area contributed by atoms with E-state index >= 15 is 0 Å². The van der Waals surface area contributed by atoms with Gasteiger partial charge in [0.25, 0.3) is 0 Å². The first-order chi connectivity index (χ1) is 24.6. The number of unbranched alkanes of at least 4 members (excludes halogenated alkanes) is 1. The van der Waals surface area contributed by atoms with E-state index < -0.39 is 0 Å². The smallest absolute Gasteiger partial charge is 0.333 e. The highest BCUT2D eigenvalue weighted by Crippen LogP contribution is 2.40. The van der Waals surface area contributed by atoms with Crippen molar-refractivity contribution in [2.24, 2.45) is 5.92 Å². The quantitative estimate of drug-likeness (QED) is 0.0805. The fourth-order valence-electron chi connectivity index (χ4n) is 6.10. The molecule has 3 saturated carbocycles. The van der Waals surface area contributed by atoms with Gasteiger partial charge < -0.3 is 42.6 Å². The lowest BCUT2D eigenvalue weighted by Gasteiger charge is -2.19. The van der Waals surface area contributed by atoms with Crippen molar-refractivity contribution in [1.82, 2.24) is 0 Å². The van der Waals surface area contributed by atoms with Crippen LogP contribution in [0.2, 0.25) is 0 Å². The molecular weight excluding hydrogens is 664 g/mol. The minimum atomic E-state index is -0.369. The van der Waals surface area contributed by atoms with E-state index in [1.54, 1.807) is 6.92 Å². The van der Waals surface area contributed by atoms with Crippen molar-refractivity contribution in [2.45, 2.75) is 133 Å². The lowest BCUT2D eigenvalue weighted by atomic mass is 9.90. The zero-order valence-electron chi connectivity index (χ0n) is 29.7. The van der Waals surface area contributed by atoms with Gasteiger partial charge in [0.2, 0.25) is 0 Å². The number of ether oxygens (including phenoxy) is 9. The van der Waals surface area contributed by atoms with Crippen molar-refractivity contribution in [3.63, 3.8) is 0 Å². The minimum absolute atomic E-state index is 0.0238. The van der Waals surface area contributed by atoms with Crippen molar-refractivity contribution in [2.75, 3.05) is 26.4 Å². The SMILES string of the molecule is C=C(C)C(=O)OC1CCC2OC2C1.C=CC(=O)OC1CCC2OC2C1.C=CC(=O)OCC1CCC2OC2C1.C=CC(=O)OCCCCOC1CO1. The summed E-state index contributed by atoms with van der Waals surface area (Å²) in [6.07, 6.45) is 17.0. The van der Waals surface area contributed by atoms with Gasteiger partial charge in [0, 0.05) is 43.2 Å². The van der Waals surface area contributed by atoms with Crippen LogP contribution in [-0.4, -0.2) is 105 Å². The number of rotatable bonds is 14. The number of hydrogen-bond acceptors (Lipinski definition) is 13. The lowest BCUT2D eigenvalue weighted by Crippen LogP contribution is -2.24. The second-order valence-electron chi connectivity index (χ2n) is 13.6. The highest BCUT2D eigenvalue weighted by atomic mass is 16.8. The number of epoxide rings is 4. The predicted octanol–water partition coefficient (Wildman–Crippen LogP) is 4.61. The molecule has 284 valence electrons. The van der Waals surface area contributed by atoms with E-state index in [1.807, 2.05) is 0 Å². The molecule has 0 radical (unpaired) electrons. The Morgan fingerprint density at radius 3 is 1.67 bits per heavy atom. The Hall–Kier alpha value is -3.36. The maximum atomic E-state index is 11.2.